The van der Waals surface area contributed by atoms with Crippen molar-refractivity contribution in [3.05, 3.63) is 65.2 Å². The largest absolute Gasteiger partial charge is 0.497 e. The van der Waals surface area contributed by atoms with Gasteiger partial charge in [0.2, 0.25) is 11.9 Å². The van der Waals surface area contributed by atoms with Crippen LogP contribution in [0.1, 0.15) is 35.2 Å². The Morgan fingerprint density at radius 1 is 1.08 bits per heavy atom. The van der Waals surface area contributed by atoms with E-state index in [1.165, 1.54) is 16.7 Å². The Hall–Kier alpha value is -3.02. The van der Waals surface area contributed by atoms with Crippen molar-refractivity contribution in [3.63, 3.8) is 0 Å². The molecule has 2 heterocycles. The van der Waals surface area contributed by atoms with Gasteiger partial charge >= 0.3 is 0 Å². The second-order valence-corrected chi connectivity index (χ2v) is 6.37. The third-order valence-corrected chi connectivity index (χ3v) is 4.69. The average molecular weight is 335 g/mol. The van der Waals surface area contributed by atoms with E-state index < -0.39 is 0 Å². The van der Waals surface area contributed by atoms with Crippen LogP contribution >= 0.6 is 0 Å². The normalized spacial score (nSPS) is 19.1. The highest BCUT2D eigenvalue weighted by Gasteiger charge is 2.30. The minimum absolute atomic E-state index is 0.0914. The number of nitrogens with one attached hydrogen (secondary N) is 1. The molecule has 0 aliphatic carbocycles. The third kappa shape index (κ3) is 2.91. The first-order valence-corrected chi connectivity index (χ1v) is 8.33. The van der Waals surface area contributed by atoms with E-state index in [-0.39, 0.29) is 18.0 Å². The van der Waals surface area contributed by atoms with Crippen LogP contribution in [-0.4, -0.2) is 21.9 Å². The molecule has 2 atom stereocenters. The van der Waals surface area contributed by atoms with Gasteiger partial charge in [0.05, 0.1) is 19.2 Å². The number of nitrogen functional groups attached to an aromatic ring is 1. The van der Waals surface area contributed by atoms with E-state index in [0.29, 0.717) is 5.95 Å². The molecule has 3 N–H and O–H groups in total. The Morgan fingerprint density at radius 3 is 2.44 bits per heavy atom. The number of nitrogens with two attached hydrogens (primary N) is 1. The lowest BCUT2D eigenvalue weighted by Gasteiger charge is -2.31. The summed E-state index contributed by atoms with van der Waals surface area (Å²) in [5.74, 6) is 1.84. The summed E-state index contributed by atoms with van der Waals surface area (Å²) in [4.78, 5) is 4.35. The molecule has 1 aliphatic heterocycles. The maximum Gasteiger partial charge on any atom is 0.241 e. The molecule has 0 spiro atoms. The standard InChI is InChI=1S/C19H21N5O/c1-12-3-5-14(6-4-12)17-11-16(13-7-9-15(25-2)10-8-13)21-19-22-18(20)23-24(17)19/h3-10,16-17H,11H2,1-2H3,(H3,20,21,22,23)/t16-,17+/m1/s1. The van der Waals surface area contributed by atoms with Crippen molar-refractivity contribution in [2.24, 2.45) is 0 Å². The molecule has 128 valence electrons. The Labute approximate surface area is 146 Å². The van der Waals surface area contributed by atoms with Crippen molar-refractivity contribution in [2.45, 2.75) is 25.4 Å². The predicted octanol–water partition coefficient (Wildman–Crippen LogP) is 3.32. The van der Waals surface area contributed by atoms with Crippen LogP contribution in [0.3, 0.4) is 0 Å². The van der Waals surface area contributed by atoms with Gasteiger partial charge in [-0.15, -0.1) is 5.10 Å². The molecule has 3 aromatic rings. The number of aryl methyl sites for hydroxylation is 1. The summed E-state index contributed by atoms with van der Waals surface area (Å²) >= 11 is 0. The number of aromatic nitrogens is 3. The number of benzene rings is 2. The molecule has 0 amide bonds. The molecule has 25 heavy (non-hydrogen) atoms. The molecule has 2 aromatic carbocycles. The van der Waals surface area contributed by atoms with E-state index in [0.717, 1.165) is 12.2 Å². The van der Waals surface area contributed by atoms with E-state index in [1.807, 2.05) is 16.8 Å². The molecule has 0 radical (unpaired) electrons. The Morgan fingerprint density at radius 2 is 1.76 bits per heavy atom. The summed E-state index contributed by atoms with van der Waals surface area (Å²) in [6, 6.07) is 16.9. The van der Waals surface area contributed by atoms with Gasteiger partial charge in [0.25, 0.3) is 0 Å². The van der Waals surface area contributed by atoms with Gasteiger partial charge in [0.1, 0.15) is 5.75 Å². The zero-order valence-corrected chi connectivity index (χ0v) is 14.3. The Kier molecular flexibility index (Phi) is 3.80. The topological polar surface area (TPSA) is 78.0 Å². The summed E-state index contributed by atoms with van der Waals surface area (Å²) in [6.07, 6.45) is 0.866. The number of anilines is 2. The van der Waals surface area contributed by atoms with Crippen molar-refractivity contribution < 1.29 is 4.74 Å². The first-order chi connectivity index (χ1) is 12.1. The summed E-state index contributed by atoms with van der Waals surface area (Å²) in [7, 11) is 1.67. The molecular weight excluding hydrogens is 314 g/mol. The second kappa shape index (κ2) is 6.12. The van der Waals surface area contributed by atoms with E-state index in [1.54, 1.807) is 7.11 Å². The van der Waals surface area contributed by atoms with Gasteiger partial charge < -0.3 is 15.8 Å². The highest BCUT2D eigenvalue weighted by Crippen LogP contribution is 2.38. The van der Waals surface area contributed by atoms with Gasteiger partial charge in [0, 0.05) is 0 Å². The van der Waals surface area contributed by atoms with Crippen LogP contribution in [0.25, 0.3) is 0 Å². The molecule has 0 bridgehead atoms. The van der Waals surface area contributed by atoms with E-state index in [9.17, 15) is 0 Å². The van der Waals surface area contributed by atoms with Crippen LogP contribution in [-0.2, 0) is 0 Å². The van der Waals surface area contributed by atoms with Crippen LogP contribution in [0.4, 0.5) is 11.9 Å². The molecule has 1 aromatic heterocycles. The Balaban J connectivity index is 1.71. The fourth-order valence-electron chi connectivity index (χ4n) is 3.31. The number of methoxy groups -OCH3 is 1. The lowest BCUT2D eigenvalue weighted by atomic mass is 9.93. The van der Waals surface area contributed by atoms with Crippen molar-refractivity contribution in [3.8, 4) is 5.75 Å². The van der Waals surface area contributed by atoms with E-state index >= 15 is 0 Å². The van der Waals surface area contributed by atoms with Gasteiger partial charge in [-0.25, -0.2) is 4.68 Å². The molecular formula is C19H21N5O. The molecule has 6 heteroatoms. The van der Waals surface area contributed by atoms with Gasteiger partial charge in [-0.3, -0.25) is 0 Å². The molecule has 6 nitrogen and oxygen atoms in total. The number of rotatable bonds is 3. The summed E-state index contributed by atoms with van der Waals surface area (Å²) in [5, 5.41) is 7.84. The number of ether oxygens (including phenoxy) is 1. The zero-order chi connectivity index (χ0) is 17.4. The Bertz CT molecular complexity index is 870. The SMILES string of the molecule is COc1ccc([C@H]2C[C@@H](c3ccc(C)cc3)n3nc(N)nc3N2)cc1. The minimum Gasteiger partial charge on any atom is -0.497 e. The lowest BCUT2D eigenvalue weighted by molar-refractivity contribution is 0.413. The number of hydrogen-bond donors (Lipinski definition) is 2. The van der Waals surface area contributed by atoms with Crippen LogP contribution in [0.15, 0.2) is 48.5 Å². The second-order valence-electron chi connectivity index (χ2n) is 6.37. The molecule has 1 aliphatic rings. The van der Waals surface area contributed by atoms with Crippen molar-refractivity contribution >= 4 is 11.9 Å². The van der Waals surface area contributed by atoms with Gasteiger partial charge in [-0.05, 0) is 36.6 Å². The lowest BCUT2D eigenvalue weighted by Crippen LogP contribution is -2.28. The first-order valence-electron chi connectivity index (χ1n) is 8.33. The number of hydrogen-bond acceptors (Lipinski definition) is 5. The smallest absolute Gasteiger partial charge is 0.241 e. The highest BCUT2D eigenvalue weighted by atomic mass is 16.5. The molecule has 4 rings (SSSR count). The van der Waals surface area contributed by atoms with Crippen LogP contribution in [0.2, 0.25) is 0 Å². The van der Waals surface area contributed by atoms with E-state index in [4.69, 9.17) is 10.5 Å². The summed E-state index contributed by atoms with van der Waals surface area (Å²) < 4.78 is 7.14. The average Bonchev–Trinajstić information content (AvgIpc) is 3.02. The maximum absolute atomic E-state index is 5.85. The first kappa shape index (κ1) is 15.5. The molecule has 0 saturated heterocycles. The van der Waals surface area contributed by atoms with E-state index in [2.05, 4.69) is 58.7 Å². The maximum atomic E-state index is 5.85. The van der Waals surface area contributed by atoms with Crippen molar-refractivity contribution in [2.75, 3.05) is 18.2 Å². The summed E-state index contributed by atoms with van der Waals surface area (Å²) in [6.45, 7) is 2.09. The van der Waals surface area contributed by atoms with Gasteiger partial charge in [0.15, 0.2) is 0 Å². The molecule has 0 unspecified atom stereocenters. The highest BCUT2D eigenvalue weighted by molar-refractivity contribution is 5.42. The van der Waals surface area contributed by atoms with Crippen molar-refractivity contribution in [1.29, 1.82) is 0 Å². The van der Waals surface area contributed by atoms with Crippen LogP contribution < -0.4 is 15.8 Å². The quantitative estimate of drug-likeness (QED) is 0.768. The number of nitrogens with zero attached hydrogens (tertiary/aromatic N) is 3. The summed E-state index contributed by atoms with van der Waals surface area (Å²) in [5.41, 5.74) is 9.48. The number of fused-ring (bicyclic) bond motifs is 1. The van der Waals surface area contributed by atoms with Gasteiger partial charge in [-0.2, -0.15) is 4.98 Å². The predicted molar refractivity (Wildman–Crippen MR) is 97.7 cm³/mol. The molecule has 0 fully saturated rings. The fraction of sp³-hybridized carbons (Fsp3) is 0.263. The molecule has 0 saturated carbocycles. The van der Waals surface area contributed by atoms with Crippen LogP contribution in [0.5, 0.6) is 5.75 Å². The zero-order valence-electron chi connectivity index (χ0n) is 14.3. The third-order valence-electron chi connectivity index (χ3n) is 4.69. The minimum atomic E-state index is 0.0914. The van der Waals surface area contributed by atoms with Crippen molar-refractivity contribution in [1.82, 2.24) is 14.8 Å². The monoisotopic (exact) mass is 335 g/mol. The van der Waals surface area contributed by atoms with Crippen LogP contribution in [0, 0.1) is 6.92 Å². The fourth-order valence-corrected chi connectivity index (χ4v) is 3.31. The van der Waals surface area contributed by atoms with Gasteiger partial charge in [-0.1, -0.05) is 42.0 Å².